The predicted molar refractivity (Wildman–Crippen MR) is 153 cm³/mol. The molecule has 8 nitrogen and oxygen atoms in total. The van der Waals surface area contributed by atoms with Gasteiger partial charge in [-0.2, -0.15) is 0 Å². The van der Waals surface area contributed by atoms with Crippen LogP contribution in [0.4, 0.5) is 5.82 Å². The molecular weight excluding hydrogens is 494 g/mol. The van der Waals surface area contributed by atoms with Crippen LogP contribution in [0.15, 0.2) is 66.9 Å². The van der Waals surface area contributed by atoms with Gasteiger partial charge < -0.3 is 23.8 Å². The topological polar surface area (TPSA) is 83.0 Å². The van der Waals surface area contributed by atoms with E-state index in [0.29, 0.717) is 25.6 Å². The van der Waals surface area contributed by atoms with E-state index < -0.39 is 11.6 Å². The van der Waals surface area contributed by atoms with E-state index in [0.717, 1.165) is 22.5 Å². The fourth-order valence-corrected chi connectivity index (χ4v) is 4.08. The third-order valence-electron chi connectivity index (χ3n) is 5.62. The monoisotopic (exact) mass is 535 g/mol. The summed E-state index contributed by atoms with van der Waals surface area (Å²) in [5.74, 6) is 0.305. The van der Waals surface area contributed by atoms with Crippen LogP contribution >= 0.6 is 0 Å². The molecule has 3 aromatic rings. The highest BCUT2D eigenvalue weighted by Crippen LogP contribution is 2.31. The summed E-state index contributed by atoms with van der Waals surface area (Å²) >= 11 is 0. The second-order valence-electron chi connectivity index (χ2n) is 10.3. The van der Waals surface area contributed by atoms with Crippen LogP contribution in [-0.4, -0.2) is 66.8 Å². The lowest BCUT2D eigenvalue weighted by molar-refractivity contribution is -0.160. The smallest absolute Gasteiger partial charge is 0.332 e. The van der Waals surface area contributed by atoms with Gasteiger partial charge in [0.15, 0.2) is 6.23 Å². The van der Waals surface area contributed by atoms with Crippen molar-refractivity contribution >= 4 is 11.8 Å². The molecule has 0 saturated heterocycles. The zero-order valence-corrected chi connectivity index (χ0v) is 23.9. The van der Waals surface area contributed by atoms with E-state index in [2.05, 4.69) is 18.7 Å². The number of carbonyl (C=O) groups excluding carboxylic acids is 1. The molecule has 0 spiro atoms. The first-order valence-corrected chi connectivity index (χ1v) is 13.4. The molecule has 1 heterocycles. The van der Waals surface area contributed by atoms with Crippen molar-refractivity contribution in [2.75, 3.05) is 37.9 Å². The number of ether oxygens (including phenoxy) is 4. The van der Waals surface area contributed by atoms with E-state index in [1.165, 1.54) is 0 Å². The van der Waals surface area contributed by atoms with Crippen molar-refractivity contribution in [3.05, 3.63) is 66.9 Å². The molecule has 1 atom stereocenters. The minimum Gasteiger partial charge on any atom is -0.458 e. The van der Waals surface area contributed by atoms with Crippen LogP contribution in [0.3, 0.4) is 0 Å². The molecule has 0 N–H and O–H groups in total. The first-order chi connectivity index (χ1) is 18.7. The number of esters is 1. The second-order valence-corrected chi connectivity index (χ2v) is 10.3. The van der Waals surface area contributed by atoms with Crippen molar-refractivity contribution in [3.8, 4) is 22.5 Å². The quantitative estimate of drug-likeness (QED) is 0.146. The van der Waals surface area contributed by atoms with Gasteiger partial charge in [0.05, 0.1) is 37.4 Å². The molecule has 0 aliphatic carbocycles. The van der Waals surface area contributed by atoms with Crippen molar-refractivity contribution in [2.24, 2.45) is 0 Å². The van der Waals surface area contributed by atoms with Crippen LogP contribution in [0, 0.1) is 0 Å². The fraction of sp³-hybridized carbons (Fsp3) is 0.452. The van der Waals surface area contributed by atoms with E-state index >= 15 is 0 Å². The van der Waals surface area contributed by atoms with Crippen molar-refractivity contribution < 1.29 is 23.7 Å². The number of benzene rings is 2. The van der Waals surface area contributed by atoms with Crippen LogP contribution in [0.2, 0.25) is 0 Å². The lowest BCUT2D eigenvalue weighted by Crippen LogP contribution is -2.46. The Labute approximate surface area is 232 Å². The zero-order valence-electron chi connectivity index (χ0n) is 23.9. The van der Waals surface area contributed by atoms with Gasteiger partial charge in [-0.1, -0.05) is 60.7 Å². The highest BCUT2D eigenvalue weighted by Gasteiger charge is 2.25. The number of rotatable bonds is 14. The SMILES string of the molecule is CCOC(COCCOCC(=O)OC(C)(C)C)N(c1cnc(-c2ccccc2)c(-c2ccccc2)n1)C(C)C. The van der Waals surface area contributed by atoms with Crippen LogP contribution < -0.4 is 4.90 Å². The molecule has 210 valence electrons. The highest BCUT2D eigenvalue weighted by molar-refractivity contribution is 5.78. The Kier molecular flexibility index (Phi) is 11.4. The summed E-state index contributed by atoms with van der Waals surface area (Å²) in [6.07, 6.45) is 1.41. The number of aromatic nitrogens is 2. The van der Waals surface area contributed by atoms with E-state index in [1.54, 1.807) is 6.20 Å². The molecule has 1 unspecified atom stereocenters. The van der Waals surface area contributed by atoms with Crippen LogP contribution in [0.5, 0.6) is 0 Å². The van der Waals surface area contributed by atoms with Crippen molar-refractivity contribution in [1.29, 1.82) is 0 Å². The number of nitrogens with zero attached hydrogens (tertiary/aromatic N) is 3. The van der Waals surface area contributed by atoms with Gasteiger partial charge in [-0.3, -0.25) is 4.98 Å². The van der Waals surface area contributed by atoms with E-state index in [4.69, 9.17) is 28.9 Å². The van der Waals surface area contributed by atoms with Gasteiger partial charge in [0, 0.05) is 23.8 Å². The summed E-state index contributed by atoms with van der Waals surface area (Å²) < 4.78 is 22.7. The fourth-order valence-electron chi connectivity index (χ4n) is 4.08. The molecule has 2 aromatic carbocycles. The summed E-state index contributed by atoms with van der Waals surface area (Å²) in [5, 5.41) is 0. The molecule has 8 heteroatoms. The molecule has 0 bridgehead atoms. The standard InChI is InChI=1S/C31H41N3O5/c1-7-38-27(21-36-18-19-37-22-28(35)39-31(4,5)6)34(23(2)3)26-20-32-29(24-14-10-8-11-15-24)30(33-26)25-16-12-9-13-17-25/h8-17,20,23,27H,7,18-19,21-22H2,1-6H3. The third kappa shape index (κ3) is 9.42. The highest BCUT2D eigenvalue weighted by atomic mass is 16.6. The number of hydrogen-bond donors (Lipinski definition) is 0. The molecule has 0 amide bonds. The molecule has 0 aliphatic heterocycles. The molecule has 3 rings (SSSR count). The molecular formula is C31H41N3O5. The first-order valence-electron chi connectivity index (χ1n) is 13.4. The number of anilines is 1. The Balaban J connectivity index is 1.75. The Hall–Kier alpha value is -3.33. The van der Waals surface area contributed by atoms with Gasteiger partial charge in [-0.15, -0.1) is 0 Å². The lowest BCUT2D eigenvalue weighted by atomic mass is 10.0. The summed E-state index contributed by atoms with van der Waals surface area (Å²) in [7, 11) is 0. The Morgan fingerprint density at radius 2 is 1.49 bits per heavy atom. The third-order valence-corrected chi connectivity index (χ3v) is 5.62. The van der Waals surface area contributed by atoms with Gasteiger partial charge in [0.2, 0.25) is 0 Å². The maximum atomic E-state index is 11.8. The summed E-state index contributed by atoms with van der Waals surface area (Å²) in [4.78, 5) is 23.9. The molecule has 1 aromatic heterocycles. The van der Waals surface area contributed by atoms with Gasteiger partial charge in [-0.05, 0) is 41.5 Å². The van der Waals surface area contributed by atoms with Gasteiger partial charge >= 0.3 is 5.97 Å². The average molecular weight is 536 g/mol. The minimum absolute atomic E-state index is 0.0640. The average Bonchev–Trinajstić information content (AvgIpc) is 2.90. The normalized spacial score (nSPS) is 12.4. The summed E-state index contributed by atoms with van der Waals surface area (Å²) in [6, 6.07) is 20.2. The Morgan fingerprint density at radius 1 is 0.897 bits per heavy atom. The molecule has 0 aliphatic rings. The molecule has 39 heavy (non-hydrogen) atoms. The summed E-state index contributed by atoms with van der Waals surface area (Å²) in [6.45, 7) is 12.9. The van der Waals surface area contributed by atoms with Gasteiger partial charge in [-0.25, -0.2) is 9.78 Å². The maximum absolute atomic E-state index is 11.8. The first kappa shape index (κ1) is 30.2. The van der Waals surface area contributed by atoms with Crippen LogP contribution in [0.25, 0.3) is 22.5 Å². The molecule has 0 radical (unpaired) electrons. The lowest BCUT2D eigenvalue weighted by Gasteiger charge is -2.35. The molecule has 0 fully saturated rings. The Morgan fingerprint density at radius 3 is 2.05 bits per heavy atom. The van der Waals surface area contributed by atoms with E-state index in [9.17, 15) is 4.79 Å². The van der Waals surface area contributed by atoms with Crippen molar-refractivity contribution in [3.63, 3.8) is 0 Å². The number of carbonyl (C=O) groups is 1. The maximum Gasteiger partial charge on any atom is 0.332 e. The van der Waals surface area contributed by atoms with E-state index in [-0.39, 0.29) is 25.5 Å². The van der Waals surface area contributed by atoms with E-state index in [1.807, 2.05) is 88.4 Å². The van der Waals surface area contributed by atoms with Crippen molar-refractivity contribution in [2.45, 2.75) is 59.4 Å². The molecule has 0 saturated carbocycles. The van der Waals surface area contributed by atoms with Gasteiger partial charge in [0.25, 0.3) is 0 Å². The number of hydrogen-bond acceptors (Lipinski definition) is 8. The largest absolute Gasteiger partial charge is 0.458 e. The van der Waals surface area contributed by atoms with Crippen LogP contribution in [-0.2, 0) is 23.7 Å². The Bertz CT molecular complexity index is 1150. The second kappa shape index (κ2) is 14.7. The van der Waals surface area contributed by atoms with Gasteiger partial charge in [0.1, 0.15) is 18.0 Å². The summed E-state index contributed by atoms with van der Waals surface area (Å²) in [5.41, 5.74) is 3.07. The van der Waals surface area contributed by atoms with Crippen LogP contribution in [0.1, 0.15) is 41.5 Å². The van der Waals surface area contributed by atoms with Crippen molar-refractivity contribution in [1.82, 2.24) is 9.97 Å². The zero-order chi connectivity index (χ0) is 28.3. The predicted octanol–water partition coefficient (Wildman–Crippen LogP) is 5.76. The minimum atomic E-state index is -0.537.